The lowest BCUT2D eigenvalue weighted by Gasteiger charge is -2.19. The summed E-state index contributed by atoms with van der Waals surface area (Å²) in [5.74, 6) is 2.04. The molecule has 0 spiro atoms. The molecule has 0 saturated heterocycles. The van der Waals surface area contributed by atoms with Crippen molar-refractivity contribution in [1.82, 2.24) is 0 Å². The third kappa shape index (κ3) is 8.50. The third-order valence-electron chi connectivity index (χ3n) is 6.54. The summed E-state index contributed by atoms with van der Waals surface area (Å²) in [7, 11) is 0. The molecule has 1 aliphatic rings. The van der Waals surface area contributed by atoms with Gasteiger partial charge in [0, 0.05) is 0 Å². The van der Waals surface area contributed by atoms with Crippen LogP contribution in [0.5, 0.6) is 0 Å². The van der Waals surface area contributed by atoms with E-state index < -0.39 is 0 Å². The maximum absolute atomic E-state index is 3.81. The zero-order chi connectivity index (χ0) is 19.3. The Balaban J connectivity index is 1.63. The van der Waals surface area contributed by atoms with Crippen molar-refractivity contribution < 1.29 is 0 Å². The van der Waals surface area contributed by atoms with Crippen molar-refractivity contribution in [3.05, 3.63) is 53.6 Å². The smallest absolute Gasteiger partial charge is 0.0228 e. The first-order chi connectivity index (χ1) is 13.2. The summed E-state index contributed by atoms with van der Waals surface area (Å²) in [6.07, 6.45) is 22.8. The molecule has 1 saturated carbocycles. The molecule has 0 radical (unpaired) electrons. The van der Waals surface area contributed by atoms with Gasteiger partial charge < -0.3 is 0 Å². The molecular formula is C27H42. The van der Waals surface area contributed by atoms with Crippen molar-refractivity contribution in [3.63, 3.8) is 0 Å². The van der Waals surface area contributed by atoms with Gasteiger partial charge >= 0.3 is 0 Å². The van der Waals surface area contributed by atoms with Gasteiger partial charge in [-0.3, -0.25) is 0 Å². The fourth-order valence-electron chi connectivity index (χ4n) is 4.83. The van der Waals surface area contributed by atoms with Crippen LogP contribution in [0.25, 0.3) is 6.08 Å². The number of unbranched alkanes of at least 4 members (excludes halogenated alkanes) is 5. The Morgan fingerprint density at radius 3 is 2.37 bits per heavy atom. The predicted molar refractivity (Wildman–Crippen MR) is 122 cm³/mol. The highest BCUT2D eigenvalue weighted by atomic mass is 14.3. The van der Waals surface area contributed by atoms with Crippen molar-refractivity contribution >= 4 is 6.08 Å². The van der Waals surface area contributed by atoms with E-state index in [-0.39, 0.29) is 0 Å². The Labute approximate surface area is 169 Å². The summed E-state index contributed by atoms with van der Waals surface area (Å²) in [6, 6.07) is 8.73. The molecule has 0 heterocycles. The second-order valence-electron chi connectivity index (χ2n) is 8.82. The van der Waals surface area contributed by atoms with E-state index in [1.54, 1.807) is 5.57 Å². The van der Waals surface area contributed by atoms with Crippen molar-refractivity contribution in [2.45, 2.75) is 97.3 Å². The van der Waals surface area contributed by atoms with Crippen LogP contribution in [-0.4, -0.2) is 0 Å². The molecule has 1 aliphatic carbocycles. The largest absolute Gasteiger partial charge is 0.103 e. The van der Waals surface area contributed by atoms with E-state index >= 15 is 0 Å². The highest BCUT2D eigenvalue weighted by molar-refractivity contribution is 5.55. The van der Waals surface area contributed by atoms with E-state index in [0.717, 1.165) is 11.8 Å². The van der Waals surface area contributed by atoms with Gasteiger partial charge in [-0.05, 0) is 68.9 Å². The molecular weight excluding hydrogens is 324 g/mol. The number of hydrogen-bond donors (Lipinski definition) is 0. The minimum Gasteiger partial charge on any atom is -0.103 e. The summed E-state index contributed by atoms with van der Waals surface area (Å²) >= 11 is 0. The first kappa shape index (κ1) is 22.0. The van der Waals surface area contributed by atoms with Crippen LogP contribution in [0.15, 0.2) is 42.5 Å². The molecule has 0 unspecified atom stereocenters. The molecule has 150 valence electrons. The van der Waals surface area contributed by atoms with Crippen LogP contribution in [0.1, 0.15) is 102 Å². The van der Waals surface area contributed by atoms with Gasteiger partial charge in [0.15, 0.2) is 0 Å². The molecule has 0 amide bonds. The van der Waals surface area contributed by atoms with E-state index in [2.05, 4.69) is 56.8 Å². The SMILES string of the molecule is C=CCCCCCCC[C@H]1CCC[C@@H]1CCC/C(C)=C/c1ccccc1C. The Hall–Kier alpha value is -1.30. The van der Waals surface area contributed by atoms with Gasteiger partial charge in [0.1, 0.15) is 0 Å². The van der Waals surface area contributed by atoms with Gasteiger partial charge in [-0.2, -0.15) is 0 Å². The van der Waals surface area contributed by atoms with E-state index in [1.807, 2.05) is 0 Å². The number of hydrogen-bond acceptors (Lipinski definition) is 0. The Morgan fingerprint density at radius 1 is 0.963 bits per heavy atom. The van der Waals surface area contributed by atoms with Crippen LogP contribution in [-0.2, 0) is 0 Å². The van der Waals surface area contributed by atoms with Crippen LogP contribution < -0.4 is 0 Å². The molecule has 0 nitrogen and oxygen atoms in total. The van der Waals surface area contributed by atoms with Crippen molar-refractivity contribution in [2.75, 3.05) is 0 Å². The maximum atomic E-state index is 3.81. The molecule has 1 aromatic rings. The number of rotatable bonds is 13. The summed E-state index contributed by atoms with van der Waals surface area (Å²) in [6.45, 7) is 8.33. The van der Waals surface area contributed by atoms with Gasteiger partial charge in [0.2, 0.25) is 0 Å². The quantitative estimate of drug-likeness (QED) is 0.241. The predicted octanol–water partition coefficient (Wildman–Crippen LogP) is 8.90. The highest BCUT2D eigenvalue weighted by Gasteiger charge is 2.25. The van der Waals surface area contributed by atoms with Crippen molar-refractivity contribution in [1.29, 1.82) is 0 Å². The Bertz CT molecular complexity index is 565. The van der Waals surface area contributed by atoms with E-state index in [1.165, 1.54) is 94.6 Å². The van der Waals surface area contributed by atoms with Gasteiger partial charge in [0.25, 0.3) is 0 Å². The highest BCUT2D eigenvalue weighted by Crippen LogP contribution is 2.38. The fraction of sp³-hybridized carbons (Fsp3) is 0.630. The molecule has 2 atom stereocenters. The minimum atomic E-state index is 1.01. The standard InChI is InChI=1S/C27H42/c1-4-5-6-7-8-9-10-17-25-20-14-21-26(25)19-13-15-23(2)22-27-18-12-11-16-24(27)3/h4,11-12,16,18,22,25-26H,1,5-10,13-15,17,19-21H2,2-3H3/b23-22+/t25-,26-/m0/s1. The summed E-state index contributed by atoms with van der Waals surface area (Å²) in [5.41, 5.74) is 4.32. The number of aryl methyl sites for hydroxylation is 1. The molecule has 27 heavy (non-hydrogen) atoms. The molecule has 0 heteroatoms. The minimum absolute atomic E-state index is 1.01. The van der Waals surface area contributed by atoms with Crippen LogP contribution >= 0.6 is 0 Å². The number of benzene rings is 1. The lowest BCUT2D eigenvalue weighted by atomic mass is 9.86. The fourth-order valence-corrected chi connectivity index (χ4v) is 4.83. The average Bonchev–Trinajstić information content (AvgIpc) is 3.10. The molecule has 1 aromatic carbocycles. The zero-order valence-corrected chi connectivity index (χ0v) is 18.0. The van der Waals surface area contributed by atoms with Crippen LogP contribution in [0.4, 0.5) is 0 Å². The Morgan fingerprint density at radius 2 is 1.63 bits per heavy atom. The van der Waals surface area contributed by atoms with Gasteiger partial charge in [-0.1, -0.05) is 93.4 Å². The van der Waals surface area contributed by atoms with Gasteiger partial charge in [-0.15, -0.1) is 6.58 Å². The Kier molecular flexibility index (Phi) is 10.6. The molecule has 0 N–H and O–H groups in total. The van der Waals surface area contributed by atoms with E-state index in [9.17, 15) is 0 Å². The third-order valence-corrected chi connectivity index (χ3v) is 6.54. The molecule has 0 bridgehead atoms. The van der Waals surface area contributed by atoms with Crippen LogP contribution in [0.3, 0.4) is 0 Å². The normalized spacial score (nSPS) is 20.1. The van der Waals surface area contributed by atoms with Gasteiger partial charge in [0.05, 0.1) is 0 Å². The lowest BCUT2D eigenvalue weighted by Crippen LogP contribution is -2.08. The first-order valence-electron chi connectivity index (χ1n) is 11.5. The maximum Gasteiger partial charge on any atom is -0.0228 e. The average molecular weight is 367 g/mol. The molecule has 0 aromatic heterocycles. The molecule has 1 fully saturated rings. The first-order valence-corrected chi connectivity index (χ1v) is 11.5. The van der Waals surface area contributed by atoms with Gasteiger partial charge in [-0.25, -0.2) is 0 Å². The summed E-state index contributed by atoms with van der Waals surface area (Å²) in [5, 5.41) is 0. The topological polar surface area (TPSA) is 0 Å². The van der Waals surface area contributed by atoms with Crippen LogP contribution in [0, 0.1) is 18.8 Å². The second-order valence-corrected chi connectivity index (χ2v) is 8.82. The van der Waals surface area contributed by atoms with Crippen molar-refractivity contribution in [2.24, 2.45) is 11.8 Å². The van der Waals surface area contributed by atoms with E-state index in [0.29, 0.717) is 0 Å². The monoisotopic (exact) mass is 366 g/mol. The van der Waals surface area contributed by atoms with E-state index in [4.69, 9.17) is 0 Å². The van der Waals surface area contributed by atoms with Crippen LogP contribution in [0.2, 0.25) is 0 Å². The molecule has 2 rings (SSSR count). The summed E-state index contributed by atoms with van der Waals surface area (Å²) in [4.78, 5) is 0. The lowest BCUT2D eigenvalue weighted by molar-refractivity contribution is 0.326. The van der Waals surface area contributed by atoms with Crippen molar-refractivity contribution in [3.8, 4) is 0 Å². The zero-order valence-electron chi connectivity index (χ0n) is 18.0. The molecule has 0 aliphatic heterocycles. The second kappa shape index (κ2) is 13.0. The summed E-state index contributed by atoms with van der Waals surface area (Å²) < 4.78 is 0. The number of allylic oxidation sites excluding steroid dienone is 2.